The molecule has 1 N–H and O–H groups in total. The molecule has 0 aliphatic heterocycles. The number of alkyl halides is 6. The second-order valence-corrected chi connectivity index (χ2v) is 4.08. The van der Waals surface area contributed by atoms with Crippen molar-refractivity contribution in [3.63, 3.8) is 0 Å². The second kappa shape index (κ2) is 3.15. The van der Waals surface area contributed by atoms with Gasteiger partial charge in [-0.25, -0.2) is 8.78 Å². The van der Waals surface area contributed by atoms with Gasteiger partial charge in [-0.15, -0.1) is 0 Å². The monoisotopic (exact) mass is 248 g/mol. The molecule has 0 aromatic rings. The molecule has 0 radical (unpaired) electrons. The van der Waals surface area contributed by atoms with Crippen molar-refractivity contribution < 1.29 is 31.4 Å². The van der Waals surface area contributed by atoms with Crippen LogP contribution in [0.3, 0.4) is 0 Å². The zero-order chi connectivity index (χ0) is 13.0. The first-order chi connectivity index (χ1) is 6.90. The highest BCUT2D eigenvalue weighted by molar-refractivity contribution is 5.26. The molecule has 0 spiro atoms. The number of halogens is 6. The lowest BCUT2D eigenvalue weighted by Crippen LogP contribution is -2.69. The van der Waals surface area contributed by atoms with Gasteiger partial charge in [0.25, 0.3) is 0 Å². The Balaban J connectivity index is 3.43. The number of allylic oxidation sites excluding steroid dienone is 1. The summed E-state index contributed by atoms with van der Waals surface area (Å²) >= 11 is 0. The minimum Gasteiger partial charge on any atom is -0.354 e. The van der Waals surface area contributed by atoms with Gasteiger partial charge < -0.3 is 5.11 Å². The molecule has 1 aliphatic carbocycles. The van der Waals surface area contributed by atoms with Crippen molar-refractivity contribution in [1.82, 2.24) is 0 Å². The zero-order valence-electron chi connectivity index (χ0n) is 8.45. The van der Waals surface area contributed by atoms with Crippen molar-refractivity contribution in [2.45, 2.75) is 37.2 Å². The Morgan fingerprint density at radius 2 is 1.38 bits per heavy atom. The van der Waals surface area contributed by atoms with Crippen LogP contribution in [-0.4, -0.2) is 28.5 Å². The molecule has 94 valence electrons. The Labute approximate surface area is 87.8 Å². The van der Waals surface area contributed by atoms with Gasteiger partial charge >= 0.3 is 17.7 Å². The summed E-state index contributed by atoms with van der Waals surface area (Å²) in [5, 5.41) is 8.80. The lowest BCUT2D eigenvalue weighted by atomic mass is 9.76. The van der Waals surface area contributed by atoms with Crippen LogP contribution in [-0.2, 0) is 0 Å². The molecule has 0 aromatic heterocycles. The maximum absolute atomic E-state index is 13.8. The quantitative estimate of drug-likeness (QED) is 0.558. The molecule has 0 fully saturated rings. The predicted molar refractivity (Wildman–Crippen MR) is 43.8 cm³/mol. The Bertz CT molecular complexity index is 322. The SMILES string of the molecule is CC(C)C1(F)C=CC(F)(F)C(F)(F)C1(O)F. The summed E-state index contributed by atoms with van der Waals surface area (Å²) in [6.45, 7) is 1.99. The van der Waals surface area contributed by atoms with Crippen molar-refractivity contribution >= 4 is 0 Å². The fourth-order valence-electron chi connectivity index (χ4n) is 1.48. The lowest BCUT2D eigenvalue weighted by Gasteiger charge is -2.45. The highest BCUT2D eigenvalue weighted by Gasteiger charge is 2.79. The molecule has 0 aromatic carbocycles. The summed E-state index contributed by atoms with van der Waals surface area (Å²) in [7, 11) is 0. The standard InChI is InChI=1S/C9H10F6O/c1-5(2)6(10)3-4-7(11,12)8(13,14)9(6,15)16/h3-5,16H,1-2H3. The number of rotatable bonds is 1. The largest absolute Gasteiger partial charge is 0.374 e. The Hall–Kier alpha value is -0.720. The number of hydrogen-bond donors (Lipinski definition) is 1. The molecule has 1 aliphatic rings. The molecule has 1 rings (SSSR count). The smallest absolute Gasteiger partial charge is 0.354 e. The minimum atomic E-state index is -5.52. The Morgan fingerprint density at radius 1 is 0.938 bits per heavy atom. The summed E-state index contributed by atoms with van der Waals surface area (Å²) in [4.78, 5) is 0. The van der Waals surface area contributed by atoms with Crippen LogP contribution in [0.25, 0.3) is 0 Å². The molecular weight excluding hydrogens is 238 g/mol. The molecule has 2 atom stereocenters. The van der Waals surface area contributed by atoms with E-state index >= 15 is 0 Å². The van der Waals surface area contributed by atoms with E-state index in [1.54, 1.807) is 0 Å². The van der Waals surface area contributed by atoms with Crippen LogP contribution < -0.4 is 0 Å². The maximum atomic E-state index is 13.8. The van der Waals surface area contributed by atoms with Crippen molar-refractivity contribution in [2.24, 2.45) is 5.92 Å². The van der Waals surface area contributed by atoms with Gasteiger partial charge in [-0.2, -0.15) is 17.6 Å². The van der Waals surface area contributed by atoms with Crippen LogP contribution in [0.5, 0.6) is 0 Å². The molecule has 2 unspecified atom stereocenters. The first kappa shape index (κ1) is 13.3. The van der Waals surface area contributed by atoms with Crippen LogP contribution in [0.15, 0.2) is 12.2 Å². The predicted octanol–water partition coefficient (Wildman–Crippen LogP) is 2.85. The molecule has 7 heteroatoms. The molecule has 16 heavy (non-hydrogen) atoms. The summed E-state index contributed by atoms with van der Waals surface area (Å²) in [6, 6.07) is 0. The third-order valence-corrected chi connectivity index (χ3v) is 2.72. The summed E-state index contributed by atoms with van der Waals surface area (Å²) in [5.74, 6) is -16.8. The van der Waals surface area contributed by atoms with E-state index in [0.29, 0.717) is 0 Å². The molecule has 1 nitrogen and oxygen atoms in total. The minimum absolute atomic E-state index is 0.0466. The number of hydrogen-bond acceptors (Lipinski definition) is 1. The van der Waals surface area contributed by atoms with E-state index in [4.69, 9.17) is 5.11 Å². The number of aliphatic hydroxyl groups is 1. The average molecular weight is 248 g/mol. The molecule has 0 heterocycles. The Kier molecular flexibility index (Phi) is 2.63. The Morgan fingerprint density at radius 3 is 1.75 bits per heavy atom. The molecule has 0 bridgehead atoms. The van der Waals surface area contributed by atoms with Crippen LogP contribution in [0.2, 0.25) is 0 Å². The summed E-state index contributed by atoms with van der Waals surface area (Å²) in [6.07, 6.45) is -0.462. The van der Waals surface area contributed by atoms with Crippen LogP contribution in [0.1, 0.15) is 13.8 Å². The average Bonchev–Trinajstić information content (AvgIpc) is 2.11. The van der Waals surface area contributed by atoms with Gasteiger partial charge in [0.1, 0.15) is 0 Å². The third-order valence-electron chi connectivity index (χ3n) is 2.72. The van der Waals surface area contributed by atoms with E-state index in [0.717, 1.165) is 13.8 Å². The van der Waals surface area contributed by atoms with E-state index in [-0.39, 0.29) is 6.08 Å². The highest BCUT2D eigenvalue weighted by Crippen LogP contribution is 2.55. The first-order valence-corrected chi connectivity index (χ1v) is 4.46. The van der Waals surface area contributed by atoms with Crippen molar-refractivity contribution in [1.29, 1.82) is 0 Å². The second-order valence-electron chi connectivity index (χ2n) is 4.08. The molecular formula is C9H10F6O. The van der Waals surface area contributed by atoms with Gasteiger partial charge in [-0.05, 0) is 18.1 Å². The van der Waals surface area contributed by atoms with Crippen molar-refractivity contribution in [3.05, 3.63) is 12.2 Å². The van der Waals surface area contributed by atoms with E-state index in [1.807, 2.05) is 0 Å². The van der Waals surface area contributed by atoms with Crippen LogP contribution in [0.4, 0.5) is 26.3 Å². The first-order valence-electron chi connectivity index (χ1n) is 4.46. The highest BCUT2D eigenvalue weighted by atomic mass is 19.3. The summed E-state index contributed by atoms with van der Waals surface area (Å²) < 4.78 is 78.4. The fourth-order valence-corrected chi connectivity index (χ4v) is 1.48. The topological polar surface area (TPSA) is 20.2 Å². The van der Waals surface area contributed by atoms with Gasteiger partial charge in [0, 0.05) is 0 Å². The molecule has 0 amide bonds. The fraction of sp³-hybridized carbons (Fsp3) is 0.778. The van der Waals surface area contributed by atoms with E-state index in [1.165, 1.54) is 0 Å². The van der Waals surface area contributed by atoms with E-state index in [9.17, 15) is 26.3 Å². The lowest BCUT2D eigenvalue weighted by molar-refractivity contribution is -0.365. The van der Waals surface area contributed by atoms with Crippen molar-refractivity contribution in [2.75, 3.05) is 0 Å². The summed E-state index contributed by atoms with van der Waals surface area (Å²) in [5.41, 5.74) is -3.56. The maximum Gasteiger partial charge on any atom is 0.374 e. The normalized spacial score (nSPS) is 41.4. The van der Waals surface area contributed by atoms with Gasteiger partial charge in [0.15, 0.2) is 5.67 Å². The molecule has 0 saturated heterocycles. The van der Waals surface area contributed by atoms with E-state index < -0.39 is 35.4 Å². The van der Waals surface area contributed by atoms with E-state index in [2.05, 4.69) is 0 Å². The van der Waals surface area contributed by atoms with Crippen LogP contribution >= 0.6 is 0 Å². The zero-order valence-corrected chi connectivity index (χ0v) is 8.45. The molecule has 0 saturated carbocycles. The van der Waals surface area contributed by atoms with Crippen LogP contribution in [0, 0.1) is 5.92 Å². The third kappa shape index (κ3) is 1.30. The van der Waals surface area contributed by atoms with Gasteiger partial charge in [-0.1, -0.05) is 13.8 Å². The van der Waals surface area contributed by atoms with Gasteiger partial charge in [0.2, 0.25) is 0 Å². The van der Waals surface area contributed by atoms with Gasteiger partial charge in [0.05, 0.1) is 0 Å². The van der Waals surface area contributed by atoms with Crippen molar-refractivity contribution in [3.8, 4) is 0 Å². The van der Waals surface area contributed by atoms with Gasteiger partial charge in [-0.3, -0.25) is 0 Å².